The van der Waals surface area contributed by atoms with Crippen LogP contribution < -0.4 is 4.90 Å². The first-order valence-electron chi connectivity index (χ1n) is 7.96. The average molecular weight is 427 g/mol. The van der Waals surface area contributed by atoms with E-state index in [1.54, 1.807) is 18.2 Å². The summed E-state index contributed by atoms with van der Waals surface area (Å²) < 4.78 is 18.0. The van der Waals surface area contributed by atoms with Crippen molar-refractivity contribution in [1.82, 2.24) is 0 Å². The molecule has 1 aromatic carbocycles. The maximum absolute atomic E-state index is 13.2. The van der Waals surface area contributed by atoms with Crippen LogP contribution in [0.25, 0.3) is 0 Å². The van der Waals surface area contributed by atoms with Gasteiger partial charge in [0.15, 0.2) is 11.9 Å². The molecule has 0 spiro atoms. The van der Waals surface area contributed by atoms with Crippen molar-refractivity contribution in [3.8, 4) is 0 Å². The molecule has 0 radical (unpaired) electrons. The first kappa shape index (κ1) is 16.0. The van der Waals surface area contributed by atoms with Crippen LogP contribution in [0.1, 0.15) is 0 Å². The highest BCUT2D eigenvalue weighted by molar-refractivity contribution is 9.10. The molecule has 3 fully saturated rings. The SMILES string of the molecule is O=C1[C@H]2[C@@H](C(=O)N1c1ccc(Br)c(Cl)c1)[C@@]1(C3OCCO3)C=C[C@H]2O1. The monoisotopic (exact) mass is 425 g/mol. The number of halogens is 2. The van der Waals surface area contributed by atoms with Crippen LogP contribution in [0.2, 0.25) is 5.02 Å². The van der Waals surface area contributed by atoms with Crippen molar-refractivity contribution >= 4 is 45.0 Å². The summed E-state index contributed by atoms with van der Waals surface area (Å²) in [5, 5.41) is 0.435. The number of hydrogen-bond donors (Lipinski definition) is 0. The molecule has 4 aliphatic heterocycles. The Kier molecular flexibility index (Phi) is 3.43. The van der Waals surface area contributed by atoms with Gasteiger partial charge < -0.3 is 14.2 Å². The van der Waals surface area contributed by atoms with Crippen LogP contribution in [0.4, 0.5) is 5.69 Å². The molecule has 130 valence electrons. The van der Waals surface area contributed by atoms with E-state index in [-0.39, 0.29) is 11.8 Å². The number of benzene rings is 1. The summed E-state index contributed by atoms with van der Waals surface area (Å²) >= 11 is 9.45. The molecule has 6 nitrogen and oxygen atoms in total. The summed E-state index contributed by atoms with van der Waals surface area (Å²) in [7, 11) is 0. The van der Waals surface area contributed by atoms with Crippen molar-refractivity contribution < 1.29 is 23.8 Å². The topological polar surface area (TPSA) is 65.1 Å². The fraction of sp³-hybridized carbons (Fsp3) is 0.412. The molecule has 2 bridgehead atoms. The van der Waals surface area contributed by atoms with E-state index in [2.05, 4.69) is 15.9 Å². The molecule has 8 heteroatoms. The second kappa shape index (κ2) is 5.37. The van der Waals surface area contributed by atoms with Gasteiger partial charge in [0.25, 0.3) is 0 Å². The number of rotatable bonds is 2. The zero-order chi connectivity index (χ0) is 17.3. The van der Waals surface area contributed by atoms with Gasteiger partial charge in [0, 0.05) is 4.47 Å². The van der Waals surface area contributed by atoms with Crippen LogP contribution in [0.3, 0.4) is 0 Å². The van der Waals surface area contributed by atoms with Crippen LogP contribution in [-0.2, 0) is 23.8 Å². The predicted octanol–water partition coefficient (Wildman–Crippen LogP) is 2.29. The second-order valence-electron chi connectivity index (χ2n) is 6.48. The molecule has 5 rings (SSSR count). The molecule has 0 saturated carbocycles. The summed E-state index contributed by atoms with van der Waals surface area (Å²) in [6.45, 7) is 0.889. The number of carbonyl (C=O) groups is 2. The Morgan fingerprint density at radius 3 is 2.68 bits per heavy atom. The molecule has 0 aromatic heterocycles. The van der Waals surface area contributed by atoms with Gasteiger partial charge >= 0.3 is 0 Å². The van der Waals surface area contributed by atoms with Crippen LogP contribution in [0.5, 0.6) is 0 Å². The van der Waals surface area contributed by atoms with E-state index >= 15 is 0 Å². The number of fused-ring (bicyclic) bond motifs is 5. The number of carbonyl (C=O) groups excluding carboxylic acids is 2. The Hall–Kier alpha value is -1.25. The maximum Gasteiger partial charge on any atom is 0.241 e. The third kappa shape index (κ3) is 2.01. The van der Waals surface area contributed by atoms with Gasteiger partial charge in [0.05, 0.1) is 41.9 Å². The van der Waals surface area contributed by atoms with Crippen molar-refractivity contribution in [2.45, 2.75) is 18.0 Å². The van der Waals surface area contributed by atoms with Crippen LogP contribution in [0, 0.1) is 11.8 Å². The third-order valence-corrected chi connectivity index (χ3v) is 6.46. The van der Waals surface area contributed by atoms with Gasteiger partial charge in [-0.25, -0.2) is 4.90 Å². The van der Waals surface area contributed by atoms with Crippen molar-refractivity contribution in [2.24, 2.45) is 11.8 Å². The number of imide groups is 1. The summed E-state index contributed by atoms with van der Waals surface area (Å²) in [5.74, 6) is -1.80. The van der Waals surface area contributed by atoms with E-state index in [0.717, 1.165) is 0 Å². The van der Waals surface area contributed by atoms with E-state index in [1.165, 1.54) is 4.90 Å². The van der Waals surface area contributed by atoms with Crippen molar-refractivity contribution in [1.29, 1.82) is 0 Å². The Balaban J connectivity index is 1.56. The van der Waals surface area contributed by atoms with Gasteiger partial charge in [-0.2, -0.15) is 0 Å². The smallest absolute Gasteiger partial charge is 0.241 e. The molecule has 0 unspecified atom stereocenters. The molecule has 1 aromatic rings. The van der Waals surface area contributed by atoms with E-state index in [0.29, 0.717) is 28.4 Å². The van der Waals surface area contributed by atoms with Crippen LogP contribution in [0.15, 0.2) is 34.8 Å². The molecule has 25 heavy (non-hydrogen) atoms. The van der Waals surface area contributed by atoms with Gasteiger partial charge in [-0.3, -0.25) is 9.59 Å². The summed E-state index contributed by atoms with van der Waals surface area (Å²) in [6.07, 6.45) is 2.53. The highest BCUT2D eigenvalue weighted by Gasteiger charge is 2.71. The predicted molar refractivity (Wildman–Crippen MR) is 91.1 cm³/mol. The first-order valence-corrected chi connectivity index (χ1v) is 9.13. The Morgan fingerprint density at radius 1 is 1.20 bits per heavy atom. The molecular weight excluding hydrogens is 414 g/mol. The minimum atomic E-state index is -1.04. The maximum atomic E-state index is 13.2. The number of anilines is 1. The zero-order valence-electron chi connectivity index (χ0n) is 12.9. The molecule has 0 N–H and O–H groups in total. The summed E-state index contributed by atoms with van der Waals surface area (Å²) in [5.41, 5.74) is -0.577. The lowest BCUT2D eigenvalue weighted by atomic mass is 9.76. The van der Waals surface area contributed by atoms with E-state index in [1.807, 2.05) is 12.2 Å². The summed E-state index contributed by atoms with van der Waals surface area (Å²) in [4.78, 5) is 27.4. The fourth-order valence-corrected chi connectivity index (χ4v) is 4.63. The quantitative estimate of drug-likeness (QED) is 0.536. The zero-order valence-corrected chi connectivity index (χ0v) is 15.2. The number of amides is 2. The van der Waals surface area contributed by atoms with E-state index in [9.17, 15) is 9.59 Å². The standard InChI is InChI=1S/C17H13BrClNO5/c18-9-2-1-8(7-10(9)19)20-14(21)12-11-3-4-17(25-11,13(12)15(20)22)16-23-5-6-24-16/h1-4,7,11-13,16H,5-6H2/t11-,12-,13+,17-/m1/s1. The number of nitrogens with zero attached hydrogens (tertiary/aromatic N) is 1. The molecule has 4 heterocycles. The van der Waals surface area contributed by atoms with Gasteiger partial charge in [-0.05, 0) is 40.2 Å². The van der Waals surface area contributed by atoms with Crippen molar-refractivity contribution in [3.63, 3.8) is 0 Å². The average Bonchev–Trinajstić information content (AvgIpc) is 3.34. The van der Waals surface area contributed by atoms with Gasteiger partial charge in [-0.1, -0.05) is 17.7 Å². The lowest BCUT2D eigenvalue weighted by molar-refractivity contribution is -0.180. The molecule has 3 saturated heterocycles. The Labute approximate surface area is 156 Å². The number of hydrogen-bond acceptors (Lipinski definition) is 5. The molecular formula is C17H13BrClNO5. The Morgan fingerprint density at radius 2 is 1.96 bits per heavy atom. The lowest BCUT2D eigenvalue weighted by Crippen LogP contribution is -2.49. The van der Waals surface area contributed by atoms with E-state index < -0.39 is 29.8 Å². The normalized spacial score (nSPS) is 36.7. The van der Waals surface area contributed by atoms with Crippen molar-refractivity contribution in [2.75, 3.05) is 18.1 Å². The number of ether oxygens (including phenoxy) is 3. The first-order chi connectivity index (χ1) is 12.0. The minimum absolute atomic E-state index is 0.275. The van der Waals surface area contributed by atoms with E-state index in [4.69, 9.17) is 25.8 Å². The molecule has 0 aliphatic carbocycles. The van der Waals surface area contributed by atoms with Gasteiger partial charge in [-0.15, -0.1) is 0 Å². The second-order valence-corrected chi connectivity index (χ2v) is 7.74. The molecule has 4 atom stereocenters. The highest BCUT2D eigenvalue weighted by Crippen LogP contribution is 2.55. The van der Waals surface area contributed by atoms with Crippen LogP contribution in [-0.4, -0.2) is 43.0 Å². The fourth-order valence-electron chi connectivity index (χ4n) is 4.20. The van der Waals surface area contributed by atoms with Crippen molar-refractivity contribution in [3.05, 3.63) is 39.8 Å². The van der Waals surface area contributed by atoms with Gasteiger partial charge in [0.2, 0.25) is 11.8 Å². The lowest BCUT2D eigenvalue weighted by Gasteiger charge is -2.32. The van der Waals surface area contributed by atoms with Crippen LogP contribution >= 0.6 is 27.5 Å². The summed E-state index contributed by atoms with van der Waals surface area (Å²) in [6, 6.07) is 5.01. The minimum Gasteiger partial charge on any atom is -0.357 e. The largest absolute Gasteiger partial charge is 0.357 e. The molecule has 4 aliphatic rings. The molecule has 2 amide bonds. The Bertz CT molecular complexity index is 823. The van der Waals surface area contributed by atoms with Gasteiger partial charge in [0.1, 0.15) is 0 Å². The highest BCUT2D eigenvalue weighted by atomic mass is 79.9. The third-order valence-electron chi connectivity index (χ3n) is 5.23.